The molecule has 2 aromatic carbocycles. The van der Waals surface area contributed by atoms with Gasteiger partial charge in [-0.1, -0.05) is 43.0 Å². The number of ether oxygens (including phenoxy) is 1. The summed E-state index contributed by atoms with van der Waals surface area (Å²) in [6.45, 7) is 4.75. The number of benzene rings is 2. The van der Waals surface area contributed by atoms with Crippen LogP contribution < -0.4 is 0 Å². The lowest BCUT2D eigenvalue weighted by Gasteiger charge is -2.05. The molecule has 0 heterocycles. The molecule has 0 aromatic heterocycles. The normalized spacial score (nSPS) is 10.2. The smallest absolute Gasteiger partial charge is 0.333 e. The Hall–Kier alpha value is -2.42. The van der Waals surface area contributed by atoms with E-state index in [4.69, 9.17) is 4.74 Å². The van der Waals surface area contributed by atoms with Crippen LogP contribution in [0, 0.1) is 0 Å². The lowest BCUT2D eigenvalue weighted by molar-refractivity contribution is -0.137. The van der Waals surface area contributed by atoms with Crippen LogP contribution in [0.15, 0.2) is 54.6 Å². The van der Waals surface area contributed by atoms with E-state index in [9.17, 15) is 9.59 Å². The molecule has 0 spiro atoms. The number of fused-ring (bicyclic) bond motifs is 1. The van der Waals surface area contributed by atoms with Gasteiger partial charge in [-0.2, -0.15) is 0 Å². The number of carbonyl (C=O) groups is 2. The average Bonchev–Trinajstić information content (AvgIpc) is 2.43. The average molecular weight is 254 g/mol. The van der Waals surface area contributed by atoms with Crippen molar-refractivity contribution in [1.82, 2.24) is 0 Å². The van der Waals surface area contributed by atoms with Crippen LogP contribution in [-0.2, 0) is 9.53 Å². The van der Waals surface area contributed by atoms with Crippen molar-refractivity contribution in [3.63, 3.8) is 0 Å². The van der Waals surface area contributed by atoms with Gasteiger partial charge in [0.15, 0.2) is 12.4 Å². The number of esters is 1. The minimum atomic E-state index is -0.547. The highest BCUT2D eigenvalue weighted by molar-refractivity contribution is 6.01. The summed E-state index contributed by atoms with van der Waals surface area (Å²) >= 11 is 0. The van der Waals surface area contributed by atoms with Crippen molar-refractivity contribution in [2.24, 2.45) is 0 Å². The Morgan fingerprint density at radius 1 is 1.11 bits per heavy atom. The van der Waals surface area contributed by atoms with E-state index in [1.807, 2.05) is 30.3 Å². The summed E-state index contributed by atoms with van der Waals surface area (Å²) in [5.41, 5.74) is 0.819. The van der Waals surface area contributed by atoms with Gasteiger partial charge in [0.25, 0.3) is 0 Å². The predicted octanol–water partition coefficient (Wildman–Crippen LogP) is 3.14. The van der Waals surface area contributed by atoms with E-state index in [0.29, 0.717) is 5.56 Å². The summed E-state index contributed by atoms with van der Waals surface area (Å²) in [6.07, 6.45) is 0. The Morgan fingerprint density at radius 3 is 2.47 bits per heavy atom. The van der Waals surface area contributed by atoms with E-state index in [0.717, 1.165) is 10.8 Å². The second-order valence-corrected chi connectivity index (χ2v) is 4.34. The minimum absolute atomic E-state index is 0.222. The van der Waals surface area contributed by atoms with E-state index in [2.05, 4.69) is 6.58 Å². The molecule has 0 unspecified atom stereocenters. The zero-order valence-corrected chi connectivity index (χ0v) is 10.7. The van der Waals surface area contributed by atoms with Gasteiger partial charge in [-0.05, 0) is 23.8 Å². The maximum atomic E-state index is 11.9. The van der Waals surface area contributed by atoms with Gasteiger partial charge in [0.05, 0.1) is 0 Å². The molecule has 3 nitrogen and oxygen atoms in total. The predicted molar refractivity (Wildman–Crippen MR) is 74.1 cm³/mol. The molecule has 0 aliphatic rings. The Bertz CT molecular complexity index is 656. The number of ketones is 1. The topological polar surface area (TPSA) is 43.4 Å². The molecule has 2 aromatic rings. The lowest BCUT2D eigenvalue weighted by atomic mass is 10.0. The summed E-state index contributed by atoms with van der Waals surface area (Å²) in [5.74, 6) is -0.769. The first kappa shape index (κ1) is 13.0. The largest absolute Gasteiger partial charge is 0.454 e. The van der Waals surface area contributed by atoms with Crippen LogP contribution in [0.2, 0.25) is 0 Å². The van der Waals surface area contributed by atoms with Crippen molar-refractivity contribution in [2.45, 2.75) is 6.92 Å². The van der Waals surface area contributed by atoms with Crippen molar-refractivity contribution in [3.05, 3.63) is 60.2 Å². The van der Waals surface area contributed by atoms with Crippen LogP contribution in [0.4, 0.5) is 0 Å². The van der Waals surface area contributed by atoms with Gasteiger partial charge in [-0.3, -0.25) is 4.79 Å². The number of carbonyl (C=O) groups excluding carboxylic acids is 2. The highest BCUT2D eigenvalue weighted by atomic mass is 16.5. The van der Waals surface area contributed by atoms with E-state index in [1.165, 1.54) is 0 Å². The molecule has 3 heteroatoms. The summed E-state index contributed by atoms with van der Waals surface area (Å²) < 4.78 is 4.84. The lowest BCUT2D eigenvalue weighted by Crippen LogP contribution is -2.14. The van der Waals surface area contributed by atoms with Crippen molar-refractivity contribution in [3.8, 4) is 0 Å². The summed E-state index contributed by atoms with van der Waals surface area (Å²) in [6, 6.07) is 13.2. The molecule has 0 fully saturated rings. The third-order valence-corrected chi connectivity index (χ3v) is 2.75. The SMILES string of the molecule is C=C(C)C(=O)OCC(=O)c1ccc2ccccc2c1. The Kier molecular flexibility index (Phi) is 3.76. The standard InChI is InChI=1S/C16H14O3/c1-11(2)16(18)19-10-15(17)14-8-7-12-5-3-4-6-13(12)9-14/h3-9H,1,10H2,2H3. The highest BCUT2D eigenvalue weighted by Crippen LogP contribution is 2.16. The van der Waals surface area contributed by atoms with Crippen molar-refractivity contribution in [1.29, 1.82) is 0 Å². The second-order valence-electron chi connectivity index (χ2n) is 4.34. The Labute approximate surface area is 111 Å². The van der Waals surface area contributed by atoms with Gasteiger partial charge >= 0.3 is 5.97 Å². The van der Waals surface area contributed by atoms with Gasteiger partial charge in [-0.15, -0.1) is 0 Å². The molecule has 0 amide bonds. The molecule has 0 atom stereocenters. The van der Waals surface area contributed by atoms with E-state index in [1.54, 1.807) is 19.1 Å². The molecule has 0 aliphatic heterocycles. The van der Waals surface area contributed by atoms with Crippen molar-refractivity contribution in [2.75, 3.05) is 6.61 Å². The molecule has 0 bridgehead atoms. The fourth-order valence-corrected chi connectivity index (χ4v) is 1.70. The fraction of sp³-hybridized carbons (Fsp3) is 0.125. The Morgan fingerprint density at radius 2 is 1.79 bits per heavy atom. The monoisotopic (exact) mass is 254 g/mol. The van der Waals surface area contributed by atoms with Gasteiger partial charge in [0, 0.05) is 11.1 Å². The third-order valence-electron chi connectivity index (χ3n) is 2.75. The van der Waals surface area contributed by atoms with Gasteiger partial charge in [0.1, 0.15) is 0 Å². The number of Topliss-reactive ketones (excluding diaryl/α,β-unsaturated/α-hetero) is 1. The van der Waals surface area contributed by atoms with E-state index in [-0.39, 0.29) is 18.0 Å². The zero-order chi connectivity index (χ0) is 13.8. The quantitative estimate of drug-likeness (QED) is 0.478. The molecule has 2 rings (SSSR count). The van der Waals surface area contributed by atoms with Crippen LogP contribution in [0.3, 0.4) is 0 Å². The maximum Gasteiger partial charge on any atom is 0.333 e. The molecule has 0 N–H and O–H groups in total. The second kappa shape index (κ2) is 5.48. The molecular formula is C16H14O3. The highest BCUT2D eigenvalue weighted by Gasteiger charge is 2.10. The van der Waals surface area contributed by atoms with Crippen LogP contribution in [-0.4, -0.2) is 18.4 Å². The van der Waals surface area contributed by atoms with Crippen molar-refractivity contribution >= 4 is 22.5 Å². The molecule has 19 heavy (non-hydrogen) atoms. The molecule has 96 valence electrons. The maximum absolute atomic E-state index is 11.9. The zero-order valence-electron chi connectivity index (χ0n) is 10.7. The minimum Gasteiger partial charge on any atom is -0.454 e. The van der Waals surface area contributed by atoms with Crippen LogP contribution in [0.1, 0.15) is 17.3 Å². The first-order valence-electron chi connectivity index (χ1n) is 5.92. The van der Waals surface area contributed by atoms with Crippen LogP contribution in [0.5, 0.6) is 0 Å². The van der Waals surface area contributed by atoms with Crippen LogP contribution in [0.25, 0.3) is 10.8 Å². The fourth-order valence-electron chi connectivity index (χ4n) is 1.70. The number of rotatable bonds is 4. The van der Waals surface area contributed by atoms with Gasteiger partial charge < -0.3 is 4.74 Å². The number of hydrogen-bond acceptors (Lipinski definition) is 3. The Balaban J connectivity index is 2.13. The third kappa shape index (κ3) is 3.07. The van der Waals surface area contributed by atoms with E-state index >= 15 is 0 Å². The summed E-state index contributed by atoms with van der Waals surface area (Å²) in [5, 5.41) is 2.05. The molecule has 0 saturated heterocycles. The van der Waals surface area contributed by atoms with Crippen molar-refractivity contribution < 1.29 is 14.3 Å². The molecule has 0 saturated carbocycles. The molecule has 0 radical (unpaired) electrons. The summed E-state index contributed by atoms with van der Waals surface area (Å²) in [4.78, 5) is 23.1. The first-order chi connectivity index (χ1) is 9.08. The number of hydrogen-bond donors (Lipinski definition) is 0. The van der Waals surface area contributed by atoms with Gasteiger partial charge in [0.2, 0.25) is 0 Å². The van der Waals surface area contributed by atoms with E-state index < -0.39 is 5.97 Å². The molecule has 0 aliphatic carbocycles. The van der Waals surface area contributed by atoms with Gasteiger partial charge in [-0.25, -0.2) is 4.79 Å². The molecular weight excluding hydrogens is 240 g/mol. The summed E-state index contributed by atoms with van der Waals surface area (Å²) in [7, 11) is 0. The van der Waals surface area contributed by atoms with Crippen LogP contribution >= 0.6 is 0 Å². The first-order valence-corrected chi connectivity index (χ1v) is 5.92.